The zero-order valence-electron chi connectivity index (χ0n) is 15.7. The Morgan fingerprint density at radius 2 is 1.82 bits per heavy atom. The number of rotatable bonds is 5. The largest absolute Gasteiger partial charge is 0.317 e. The SMILES string of the molecule is Br.CCn1c(-c2cc(S(=O)(=O)N(C)C)ccc2Cl)csc1=Nc1ccccc1. The number of hydrogen-bond acceptors (Lipinski definition) is 4. The van der Waals surface area contributed by atoms with Crippen LogP contribution in [0.2, 0.25) is 5.02 Å². The molecule has 2 aromatic carbocycles. The average Bonchev–Trinajstić information content (AvgIpc) is 3.05. The fourth-order valence-corrected chi connectivity index (χ4v) is 4.75. The lowest BCUT2D eigenvalue weighted by Gasteiger charge is -2.14. The fourth-order valence-electron chi connectivity index (χ4n) is 2.62. The lowest BCUT2D eigenvalue weighted by molar-refractivity contribution is 0.521. The van der Waals surface area contributed by atoms with Gasteiger partial charge in [0.2, 0.25) is 10.0 Å². The maximum absolute atomic E-state index is 12.5. The summed E-state index contributed by atoms with van der Waals surface area (Å²) in [7, 11) is -0.518. The fraction of sp³-hybridized carbons (Fsp3) is 0.211. The molecule has 28 heavy (non-hydrogen) atoms. The van der Waals surface area contributed by atoms with Crippen molar-refractivity contribution in [1.82, 2.24) is 8.87 Å². The van der Waals surface area contributed by atoms with Crippen molar-refractivity contribution in [3.05, 3.63) is 63.7 Å². The van der Waals surface area contributed by atoms with Crippen LogP contribution < -0.4 is 4.80 Å². The summed E-state index contributed by atoms with van der Waals surface area (Å²) >= 11 is 7.91. The second-order valence-electron chi connectivity index (χ2n) is 6.02. The van der Waals surface area contributed by atoms with Crippen LogP contribution in [-0.4, -0.2) is 31.4 Å². The number of benzene rings is 2. The van der Waals surface area contributed by atoms with Gasteiger partial charge in [0.15, 0.2) is 4.80 Å². The predicted molar refractivity (Wildman–Crippen MR) is 121 cm³/mol. The van der Waals surface area contributed by atoms with Gasteiger partial charge < -0.3 is 4.57 Å². The molecule has 0 aliphatic carbocycles. The number of thiazole rings is 1. The first-order valence-electron chi connectivity index (χ1n) is 8.35. The van der Waals surface area contributed by atoms with Crippen LogP contribution in [0.1, 0.15) is 6.92 Å². The number of aromatic nitrogens is 1. The third kappa shape index (κ3) is 4.58. The van der Waals surface area contributed by atoms with Crippen molar-refractivity contribution in [3.63, 3.8) is 0 Å². The first-order valence-corrected chi connectivity index (χ1v) is 11.0. The molecule has 1 heterocycles. The van der Waals surface area contributed by atoms with Gasteiger partial charge in [-0.3, -0.25) is 0 Å². The molecular weight excluding hydrogens is 482 g/mol. The minimum Gasteiger partial charge on any atom is -0.317 e. The average molecular weight is 503 g/mol. The van der Waals surface area contributed by atoms with Crippen LogP contribution in [0, 0.1) is 0 Å². The maximum Gasteiger partial charge on any atom is 0.242 e. The Morgan fingerprint density at radius 1 is 1.14 bits per heavy atom. The first-order chi connectivity index (χ1) is 12.8. The molecular formula is C19H21BrClN3O2S2. The van der Waals surface area contributed by atoms with E-state index < -0.39 is 10.0 Å². The van der Waals surface area contributed by atoms with Gasteiger partial charge >= 0.3 is 0 Å². The molecule has 1 aromatic heterocycles. The molecule has 3 aromatic rings. The summed E-state index contributed by atoms with van der Waals surface area (Å²) in [6.45, 7) is 2.71. The highest BCUT2D eigenvalue weighted by Gasteiger charge is 2.20. The van der Waals surface area contributed by atoms with Crippen molar-refractivity contribution in [2.24, 2.45) is 4.99 Å². The van der Waals surface area contributed by atoms with E-state index in [1.165, 1.54) is 35.8 Å². The van der Waals surface area contributed by atoms with Crippen molar-refractivity contribution in [1.29, 1.82) is 0 Å². The summed E-state index contributed by atoms with van der Waals surface area (Å²) in [4.78, 5) is 5.74. The number of halogens is 2. The molecule has 150 valence electrons. The number of sulfonamides is 1. The molecule has 0 unspecified atom stereocenters. The van der Waals surface area contributed by atoms with E-state index in [1.807, 2.05) is 47.2 Å². The normalized spacial score (nSPS) is 12.2. The van der Waals surface area contributed by atoms with Gasteiger partial charge in [-0.25, -0.2) is 17.7 Å². The number of para-hydroxylation sites is 1. The Kier molecular flexibility index (Phi) is 7.64. The van der Waals surface area contributed by atoms with E-state index in [2.05, 4.69) is 0 Å². The highest BCUT2D eigenvalue weighted by Crippen LogP contribution is 2.31. The van der Waals surface area contributed by atoms with Gasteiger partial charge in [0, 0.05) is 31.6 Å². The van der Waals surface area contributed by atoms with E-state index in [0.717, 1.165) is 16.2 Å². The van der Waals surface area contributed by atoms with Crippen molar-refractivity contribution >= 4 is 55.6 Å². The van der Waals surface area contributed by atoms with Gasteiger partial charge in [0.1, 0.15) is 0 Å². The van der Waals surface area contributed by atoms with Crippen molar-refractivity contribution in [3.8, 4) is 11.3 Å². The molecule has 5 nitrogen and oxygen atoms in total. The smallest absolute Gasteiger partial charge is 0.242 e. The maximum atomic E-state index is 12.5. The molecule has 0 aliphatic heterocycles. The van der Waals surface area contributed by atoms with Crippen LogP contribution in [0.25, 0.3) is 11.3 Å². The van der Waals surface area contributed by atoms with Crippen molar-refractivity contribution in [2.45, 2.75) is 18.4 Å². The summed E-state index contributed by atoms with van der Waals surface area (Å²) in [5.74, 6) is 0. The van der Waals surface area contributed by atoms with E-state index in [0.29, 0.717) is 17.1 Å². The molecule has 0 fully saturated rings. The Balaban J connectivity index is 0.00000280. The summed E-state index contributed by atoms with van der Waals surface area (Å²) in [5.41, 5.74) is 2.38. The standard InChI is InChI=1S/C19H20ClN3O2S2.BrH/c1-4-23-18(13-26-19(23)21-14-8-6-5-7-9-14)16-12-15(10-11-17(16)20)27(24,25)22(2)3;/h5-13H,4H2,1-3H3;1H. The second kappa shape index (κ2) is 9.37. The van der Waals surface area contributed by atoms with E-state index in [-0.39, 0.29) is 21.9 Å². The highest BCUT2D eigenvalue weighted by atomic mass is 79.9. The molecule has 0 spiro atoms. The minimum absolute atomic E-state index is 0. The van der Waals surface area contributed by atoms with Crippen molar-refractivity contribution in [2.75, 3.05) is 14.1 Å². The molecule has 0 N–H and O–H groups in total. The lowest BCUT2D eigenvalue weighted by Crippen LogP contribution is -2.22. The predicted octanol–water partition coefficient (Wildman–Crippen LogP) is 4.95. The minimum atomic E-state index is -3.54. The quantitative estimate of drug-likeness (QED) is 0.496. The van der Waals surface area contributed by atoms with Crippen LogP contribution >= 0.6 is 39.9 Å². The van der Waals surface area contributed by atoms with Gasteiger partial charge in [-0.2, -0.15) is 0 Å². The second-order valence-corrected chi connectivity index (χ2v) is 9.42. The zero-order chi connectivity index (χ0) is 19.6. The molecule has 0 aliphatic rings. The summed E-state index contributed by atoms with van der Waals surface area (Å²) in [5, 5.41) is 2.46. The molecule has 0 saturated carbocycles. The summed E-state index contributed by atoms with van der Waals surface area (Å²) in [6.07, 6.45) is 0. The Morgan fingerprint density at radius 3 is 2.43 bits per heavy atom. The lowest BCUT2D eigenvalue weighted by atomic mass is 10.1. The number of nitrogens with zero attached hydrogens (tertiary/aromatic N) is 3. The molecule has 0 bridgehead atoms. The van der Waals surface area contributed by atoms with Crippen molar-refractivity contribution < 1.29 is 8.42 Å². The van der Waals surface area contributed by atoms with E-state index in [4.69, 9.17) is 16.6 Å². The monoisotopic (exact) mass is 501 g/mol. The molecule has 0 saturated heterocycles. The van der Waals surface area contributed by atoms with Crippen LogP contribution in [0.15, 0.2) is 63.8 Å². The summed E-state index contributed by atoms with van der Waals surface area (Å²) < 4.78 is 28.2. The Hall–Kier alpha value is -1.45. The third-order valence-electron chi connectivity index (χ3n) is 4.09. The Labute approximate surface area is 184 Å². The number of hydrogen-bond donors (Lipinski definition) is 0. The molecule has 0 radical (unpaired) electrons. The Bertz CT molecular complexity index is 1120. The first kappa shape index (κ1) is 22.8. The van der Waals surface area contributed by atoms with Gasteiger partial charge in [-0.05, 0) is 37.3 Å². The zero-order valence-corrected chi connectivity index (χ0v) is 19.8. The van der Waals surface area contributed by atoms with Crippen LogP contribution in [-0.2, 0) is 16.6 Å². The molecule has 9 heteroatoms. The third-order valence-corrected chi connectivity index (χ3v) is 7.09. The van der Waals surface area contributed by atoms with E-state index >= 15 is 0 Å². The van der Waals surface area contributed by atoms with Crippen LogP contribution in [0.5, 0.6) is 0 Å². The molecule has 0 amide bonds. The van der Waals surface area contributed by atoms with Gasteiger partial charge in [0.25, 0.3) is 0 Å². The van der Waals surface area contributed by atoms with E-state index in [9.17, 15) is 8.42 Å². The van der Waals surface area contributed by atoms with Gasteiger partial charge in [0.05, 0.1) is 21.3 Å². The topological polar surface area (TPSA) is 54.7 Å². The summed E-state index contributed by atoms with van der Waals surface area (Å²) in [6, 6.07) is 14.5. The highest BCUT2D eigenvalue weighted by molar-refractivity contribution is 8.93. The molecule has 0 atom stereocenters. The van der Waals surface area contributed by atoms with E-state index in [1.54, 1.807) is 12.1 Å². The van der Waals surface area contributed by atoms with Crippen LogP contribution in [0.3, 0.4) is 0 Å². The van der Waals surface area contributed by atoms with Gasteiger partial charge in [-0.15, -0.1) is 28.3 Å². The molecule has 3 rings (SSSR count). The van der Waals surface area contributed by atoms with Crippen LogP contribution in [0.4, 0.5) is 5.69 Å². The van der Waals surface area contributed by atoms with Gasteiger partial charge in [-0.1, -0.05) is 29.8 Å².